The maximum atomic E-state index is 12.1. The molecule has 0 fully saturated rings. The van der Waals surface area contributed by atoms with Gasteiger partial charge in [-0.3, -0.25) is 14.4 Å². The zero-order valence-corrected chi connectivity index (χ0v) is 45.5. The molecule has 0 saturated carbocycles. The SMILES string of the molecule is CCCCCCCC/C=C\CCCCCCCC(=O)OCC(C)OC(=O)CCCCCCC/C=C\CCCCCCCC.CCCCCCCCCCCCCCCCCC(=O)OCC(O)CO. The van der Waals surface area contributed by atoms with Gasteiger partial charge in [0.05, 0.1) is 6.61 Å². The third-order valence-electron chi connectivity index (χ3n) is 12.7. The predicted octanol–water partition coefficient (Wildman–Crippen LogP) is 17.7. The van der Waals surface area contributed by atoms with E-state index in [4.69, 9.17) is 24.4 Å². The van der Waals surface area contributed by atoms with Crippen molar-refractivity contribution in [1.82, 2.24) is 0 Å². The lowest BCUT2D eigenvalue weighted by Gasteiger charge is -2.13. The summed E-state index contributed by atoms with van der Waals surface area (Å²) in [5.41, 5.74) is 0. The molecular weight excluding hydrogens is 849 g/mol. The molecule has 2 atom stereocenters. The molecule has 0 aromatic heterocycles. The number of aliphatic hydroxyl groups excluding tert-OH is 2. The van der Waals surface area contributed by atoms with Gasteiger partial charge in [-0.25, -0.2) is 0 Å². The summed E-state index contributed by atoms with van der Waals surface area (Å²) in [6.07, 6.45) is 61.2. The van der Waals surface area contributed by atoms with Crippen LogP contribution in [0.4, 0.5) is 0 Å². The molecule has 0 aromatic carbocycles. The van der Waals surface area contributed by atoms with Gasteiger partial charge in [-0.2, -0.15) is 0 Å². The first-order valence-electron chi connectivity index (χ1n) is 29.4. The average Bonchev–Trinajstić information content (AvgIpc) is 3.33. The first-order chi connectivity index (χ1) is 33.3. The van der Waals surface area contributed by atoms with Gasteiger partial charge in [-0.1, -0.05) is 238 Å². The number of hydrogen-bond acceptors (Lipinski definition) is 8. The third kappa shape index (κ3) is 59.9. The number of hydrogen-bond donors (Lipinski definition) is 2. The summed E-state index contributed by atoms with van der Waals surface area (Å²) in [5, 5.41) is 17.7. The lowest BCUT2D eigenvalue weighted by atomic mass is 10.0. The van der Waals surface area contributed by atoms with Crippen LogP contribution in [0.2, 0.25) is 0 Å². The van der Waals surface area contributed by atoms with E-state index in [1.54, 1.807) is 6.92 Å². The maximum absolute atomic E-state index is 12.1. The fourth-order valence-corrected chi connectivity index (χ4v) is 8.23. The predicted molar refractivity (Wildman–Crippen MR) is 289 cm³/mol. The lowest BCUT2D eigenvalue weighted by molar-refractivity contribution is -0.158. The summed E-state index contributed by atoms with van der Waals surface area (Å²) in [6, 6.07) is 0. The Morgan fingerprint density at radius 3 is 0.912 bits per heavy atom. The topological polar surface area (TPSA) is 119 Å². The van der Waals surface area contributed by atoms with E-state index in [1.807, 2.05) is 0 Å². The minimum atomic E-state index is -0.954. The van der Waals surface area contributed by atoms with Gasteiger partial charge < -0.3 is 24.4 Å². The molecule has 0 heterocycles. The molecule has 8 nitrogen and oxygen atoms in total. The minimum Gasteiger partial charge on any atom is -0.463 e. The molecule has 2 unspecified atom stereocenters. The zero-order valence-electron chi connectivity index (χ0n) is 45.5. The second kappa shape index (κ2) is 59.1. The second-order valence-corrected chi connectivity index (χ2v) is 19.9. The van der Waals surface area contributed by atoms with Crippen LogP contribution >= 0.6 is 0 Å². The van der Waals surface area contributed by atoms with Crippen LogP contribution in [0, 0.1) is 0 Å². The number of rotatable bonds is 52. The standard InChI is InChI=1S/C39H72O4.C21H42O4/c1-4-6-8-10-12-14-16-18-20-22-24-26-28-30-32-34-38(40)42-36-37(3)43-39(41)35-33-31-29-27-25-23-21-19-17-15-13-11-9-7-5-2;1-2-3-4-5-6-7-8-9-10-11-12-13-14-15-16-17-21(24)25-19-20(23)18-22/h18-21,37H,4-17,22-36H2,1-3H3;20,22-23H,2-19H2,1H3/b20-18-,21-19-;. The summed E-state index contributed by atoms with van der Waals surface area (Å²) in [4.78, 5) is 35.5. The molecule has 0 amide bonds. The average molecular weight is 964 g/mol. The van der Waals surface area contributed by atoms with Crippen molar-refractivity contribution in [3.05, 3.63) is 24.3 Å². The Labute approximate surface area is 421 Å². The second-order valence-electron chi connectivity index (χ2n) is 19.9. The molecule has 0 aromatic rings. The normalized spacial score (nSPS) is 12.3. The van der Waals surface area contributed by atoms with Crippen LogP contribution in [0.25, 0.3) is 0 Å². The minimum absolute atomic E-state index is 0.103. The van der Waals surface area contributed by atoms with E-state index in [1.165, 1.54) is 225 Å². The molecule has 0 aliphatic rings. The Kier molecular flexibility index (Phi) is 59.0. The zero-order chi connectivity index (χ0) is 50.1. The molecule has 0 spiro atoms. The van der Waals surface area contributed by atoms with Crippen LogP contribution in [0.5, 0.6) is 0 Å². The number of ether oxygens (including phenoxy) is 3. The van der Waals surface area contributed by atoms with Gasteiger partial charge in [0.15, 0.2) is 0 Å². The summed E-state index contributed by atoms with van der Waals surface area (Å²) in [5.74, 6) is -0.640. The van der Waals surface area contributed by atoms with Gasteiger partial charge in [0.2, 0.25) is 0 Å². The van der Waals surface area contributed by atoms with Crippen molar-refractivity contribution in [3.8, 4) is 0 Å². The summed E-state index contributed by atoms with van der Waals surface area (Å²) >= 11 is 0. The number of allylic oxidation sites excluding steroid dienone is 4. The Hall–Kier alpha value is -2.19. The van der Waals surface area contributed by atoms with E-state index >= 15 is 0 Å². The molecule has 68 heavy (non-hydrogen) atoms. The third-order valence-corrected chi connectivity index (χ3v) is 12.7. The first-order valence-corrected chi connectivity index (χ1v) is 29.4. The number of esters is 3. The maximum Gasteiger partial charge on any atom is 0.306 e. The molecule has 8 heteroatoms. The van der Waals surface area contributed by atoms with Gasteiger partial charge in [-0.15, -0.1) is 0 Å². The van der Waals surface area contributed by atoms with Gasteiger partial charge in [0, 0.05) is 19.3 Å². The highest BCUT2D eigenvalue weighted by Gasteiger charge is 2.12. The fourth-order valence-electron chi connectivity index (χ4n) is 8.23. The molecule has 402 valence electrons. The van der Waals surface area contributed by atoms with Gasteiger partial charge >= 0.3 is 17.9 Å². The highest BCUT2D eigenvalue weighted by Crippen LogP contribution is 2.16. The molecule has 0 bridgehead atoms. The van der Waals surface area contributed by atoms with Crippen molar-refractivity contribution in [1.29, 1.82) is 0 Å². The monoisotopic (exact) mass is 963 g/mol. The summed E-state index contributed by atoms with van der Waals surface area (Å²) < 4.78 is 15.6. The van der Waals surface area contributed by atoms with Crippen LogP contribution in [-0.4, -0.2) is 60.1 Å². The van der Waals surface area contributed by atoms with Gasteiger partial charge in [0.1, 0.15) is 25.4 Å². The van der Waals surface area contributed by atoms with Crippen molar-refractivity contribution in [3.63, 3.8) is 0 Å². The van der Waals surface area contributed by atoms with Crippen molar-refractivity contribution in [2.75, 3.05) is 19.8 Å². The highest BCUT2D eigenvalue weighted by atomic mass is 16.6. The Bertz CT molecular complexity index is 1090. The lowest BCUT2D eigenvalue weighted by Crippen LogP contribution is -2.22. The van der Waals surface area contributed by atoms with E-state index in [-0.39, 0.29) is 43.8 Å². The Morgan fingerprint density at radius 2 is 0.618 bits per heavy atom. The van der Waals surface area contributed by atoms with E-state index in [0.29, 0.717) is 19.3 Å². The van der Waals surface area contributed by atoms with Crippen molar-refractivity contribution < 1.29 is 38.8 Å². The van der Waals surface area contributed by atoms with Crippen molar-refractivity contribution in [2.45, 2.75) is 322 Å². The molecule has 0 rings (SSSR count). The molecular formula is C60H114O8. The molecule has 0 aliphatic heterocycles. The van der Waals surface area contributed by atoms with E-state index in [2.05, 4.69) is 45.1 Å². The Morgan fingerprint density at radius 1 is 0.368 bits per heavy atom. The Balaban J connectivity index is 0. The smallest absolute Gasteiger partial charge is 0.306 e. The van der Waals surface area contributed by atoms with Gasteiger partial charge in [0.25, 0.3) is 0 Å². The van der Waals surface area contributed by atoms with Crippen LogP contribution in [0.1, 0.15) is 310 Å². The van der Waals surface area contributed by atoms with E-state index in [9.17, 15) is 14.4 Å². The molecule has 0 aliphatic carbocycles. The summed E-state index contributed by atoms with van der Waals surface area (Å²) in [6.45, 7) is 8.28. The number of carbonyl (C=O) groups excluding carboxylic acids is 3. The van der Waals surface area contributed by atoms with Crippen LogP contribution in [0.15, 0.2) is 24.3 Å². The molecule has 2 N–H and O–H groups in total. The highest BCUT2D eigenvalue weighted by molar-refractivity contribution is 5.70. The van der Waals surface area contributed by atoms with Crippen LogP contribution in [-0.2, 0) is 28.6 Å². The van der Waals surface area contributed by atoms with Crippen LogP contribution < -0.4 is 0 Å². The van der Waals surface area contributed by atoms with Crippen molar-refractivity contribution >= 4 is 17.9 Å². The molecule has 0 saturated heterocycles. The van der Waals surface area contributed by atoms with Gasteiger partial charge in [-0.05, 0) is 77.6 Å². The number of aliphatic hydroxyl groups is 2. The van der Waals surface area contributed by atoms with Crippen LogP contribution in [0.3, 0.4) is 0 Å². The summed E-state index contributed by atoms with van der Waals surface area (Å²) in [7, 11) is 0. The van der Waals surface area contributed by atoms with E-state index in [0.717, 1.165) is 38.5 Å². The molecule has 0 radical (unpaired) electrons. The van der Waals surface area contributed by atoms with E-state index < -0.39 is 6.10 Å². The number of carbonyl (C=O) groups is 3. The largest absolute Gasteiger partial charge is 0.463 e. The van der Waals surface area contributed by atoms with Crippen molar-refractivity contribution in [2.24, 2.45) is 0 Å². The first kappa shape index (κ1) is 67.9. The quantitative estimate of drug-likeness (QED) is 0.0268. The number of unbranched alkanes of at least 4 members (excludes halogenated alkanes) is 36. The fraction of sp³-hybridized carbons (Fsp3) is 0.883.